The van der Waals surface area contributed by atoms with Gasteiger partial charge < -0.3 is 9.47 Å². The van der Waals surface area contributed by atoms with Crippen molar-refractivity contribution in [1.29, 1.82) is 0 Å². The maximum absolute atomic E-state index is 12.6. The highest BCUT2D eigenvalue weighted by atomic mass is 16.8. The van der Waals surface area contributed by atoms with Crippen molar-refractivity contribution in [3.8, 4) is 0 Å². The summed E-state index contributed by atoms with van der Waals surface area (Å²) in [6, 6.07) is 0. The average molecular weight is 278 g/mol. The first-order valence-corrected chi connectivity index (χ1v) is 7.31. The van der Waals surface area contributed by atoms with E-state index in [9.17, 15) is 9.59 Å². The van der Waals surface area contributed by atoms with E-state index in [0.29, 0.717) is 0 Å². The monoisotopic (exact) mass is 278 g/mol. The Labute approximate surface area is 119 Å². The third kappa shape index (κ3) is 1.48. The van der Waals surface area contributed by atoms with Crippen LogP contribution in [-0.4, -0.2) is 24.1 Å². The molecule has 3 atom stereocenters. The zero-order chi connectivity index (χ0) is 14.8. The molecule has 0 aromatic rings. The van der Waals surface area contributed by atoms with Gasteiger partial charge in [-0.1, -0.05) is 27.2 Å². The molecule has 0 amide bonds. The van der Waals surface area contributed by atoms with Crippen molar-refractivity contribution >= 4 is 11.9 Å². The van der Waals surface area contributed by atoms with Crippen LogP contribution in [0.5, 0.6) is 0 Å². The summed E-state index contributed by atoms with van der Waals surface area (Å²) in [7, 11) is 0. The predicted octanol–water partition coefficient (Wildman–Crippen LogP) is 3.25. The van der Waals surface area contributed by atoms with Crippen LogP contribution < -0.4 is 0 Å². The fourth-order valence-electron chi connectivity index (χ4n) is 4.90. The second-order valence-electron chi connectivity index (χ2n) is 7.39. The Hall–Kier alpha value is -1.32. The van der Waals surface area contributed by atoms with E-state index in [1.807, 2.05) is 6.92 Å². The highest BCUT2D eigenvalue weighted by Crippen LogP contribution is 2.62. The molecule has 0 unspecified atom stereocenters. The maximum atomic E-state index is 12.6. The maximum Gasteiger partial charge on any atom is 0.509 e. The molecular weight excluding hydrogens is 256 g/mol. The fourth-order valence-corrected chi connectivity index (χ4v) is 4.90. The quantitative estimate of drug-likeness (QED) is 0.638. The molecule has 0 aromatic carbocycles. The van der Waals surface area contributed by atoms with Crippen molar-refractivity contribution in [2.75, 3.05) is 6.61 Å². The Morgan fingerprint density at radius 3 is 2.50 bits per heavy atom. The zero-order valence-electron chi connectivity index (χ0n) is 12.6. The van der Waals surface area contributed by atoms with Crippen LogP contribution in [0.25, 0.3) is 0 Å². The van der Waals surface area contributed by atoms with E-state index in [2.05, 4.69) is 20.8 Å². The van der Waals surface area contributed by atoms with Gasteiger partial charge in [0.05, 0.1) is 0 Å². The molecule has 2 fully saturated rings. The summed E-state index contributed by atoms with van der Waals surface area (Å²) < 4.78 is 10.8. The Kier molecular flexibility index (Phi) is 2.64. The normalized spacial score (nSPS) is 42.8. The van der Waals surface area contributed by atoms with Gasteiger partial charge in [0, 0.05) is 11.3 Å². The van der Waals surface area contributed by atoms with Crippen molar-refractivity contribution in [3.63, 3.8) is 0 Å². The van der Waals surface area contributed by atoms with Crippen LogP contribution in [0.15, 0.2) is 11.6 Å². The van der Waals surface area contributed by atoms with Crippen LogP contribution in [0.1, 0.15) is 47.0 Å². The van der Waals surface area contributed by atoms with E-state index in [4.69, 9.17) is 9.47 Å². The van der Waals surface area contributed by atoms with Crippen molar-refractivity contribution in [3.05, 3.63) is 11.6 Å². The van der Waals surface area contributed by atoms with Gasteiger partial charge in [-0.2, -0.15) is 0 Å². The molecule has 1 heterocycles. The minimum atomic E-state index is -0.764. The van der Waals surface area contributed by atoms with Crippen molar-refractivity contribution in [2.24, 2.45) is 16.7 Å². The zero-order valence-corrected chi connectivity index (χ0v) is 12.6. The molecule has 1 spiro atoms. The molecule has 3 rings (SSSR count). The Morgan fingerprint density at radius 1 is 1.20 bits per heavy atom. The number of ether oxygens (including phenoxy) is 2. The largest absolute Gasteiger partial charge is 0.509 e. The highest BCUT2D eigenvalue weighted by molar-refractivity contribution is 5.96. The molecule has 1 saturated carbocycles. The van der Waals surface area contributed by atoms with Gasteiger partial charge in [0.25, 0.3) is 0 Å². The van der Waals surface area contributed by atoms with Crippen molar-refractivity contribution in [1.82, 2.24) is 0 Å². The molecule has 110 valence electrons. The van der Waals surface area contributed by atoms with E-state index in [-0.39, 0.29) is 29.1 Å². The van der Waals surface area contributed by atoms with Crippen molar-refractivity contribution in [2.45, 2.75) is 52.6 Å². The smallest absolute Gasteiger partial charge is 0.430 e. The van der Waals surface area contributed by atoms with Gasteiger partial charge in [0.15, 0.2) is 11.4 Å². The summed E-state index contributed by atoms with van der Waals surface area (Å²) in [6.45, 7) is 8.49. The molecule has 4 heteroatoms. The number of rotatable bonds is 0. The number of ketones is 1. The van der Waals surface area contributed by atoms with Crippen LogP contribution in [0.4, 0.5) is 4.79 Å². The van der Waals surface area contributed by atoms with Crippen molar-refractivity contribution < 1.29 is 19.1 Å². The SMILES string of the molecule is CC1=CC(=O)[C@H]2C(C)(C)CCC[C@]2(C)[C@@]12COC(=O)O2. The molecule has 2 aliphatic carbocycles. The number of carbonyl (C=O) groups is 2. The lowest BCUT2D eigenvalue weighted by molar-refractivity contribution is -0.155. The molecule has 20 heavy (non-hydrogen) atoms. The van der Waals surface area contributed by atoms with Crippen LogP contribution in [-0.2, 0) is 14.3 Å². The van der Waals surface area contributed by atoms with Gasteiger partial charge in [0.1, 0.15) is 6.61 Å². The molecule has 3 aliphatic rings. The Bertz CT molecular complexity index is 519. The number of cyclic esters (lactones) is 1. The number of hydrogen-bond acceptors (Lipinski definition) is 4. The van der Waals surface area contributed by atoms with E-state index in [1.54, 1.807) is 6.08 Å². The number of carbonyl (C=O) groups excluding carboxylic acids is 2. The average Bonchev–Trinajstić information content (AvgIpc) is 2.70. The van der Waals surface area contributed by atoms with Gasteiger partial charge in [-0.3, -0.25) is 4.79 Å². The Morgan fingerprint density at radius 2 is 1.90 bits per heavy atom. The molecule has 0 N–H and O–H groups in total. The molecular formula is C16H22O4. The second-order valence-corrected chi connectivity index (χ2v) is 7.39. The third-order valence-corrected chi connectivity index (χ3v) is 5.79. The van der Waals surface area contributed by atoms with Gasteiger partial charge >= 0.3 is 6.16 Å². The predicted molar refractivity (Wildman–Crippen MR) is 73.2 cm³/mol. The van der Waals surface area contributed by atoms with Crippen LogP contribution >= 0.6 is 0 Å². The molecule has 1 aliphatic heterocycles. The first-order chi connectivity index (χ1) is 9.23. The van der Waals surface area contributed by atoms with Gasteiger partial charge in [-0.05, 0) is 36.8 Å². The minimum absolute atomic E-state index is 0.0801. The summed E-state index contributed by atoms with van der Waals surface area (Å²) in [5.74, 6) is 0.0465. The number of allylic oxidation sites excluding steroid dienone is 1. The van der Waals surface area contributed by atoms with Crippen LogP contribution in [0.3, 0.4) is 0 Å². The van der Waals surface area contributed by atoms with E-state index in [1.165, 1.54) is 0 Å². The highest BCUT2D eigenvalue weighted by Gasteiger charge is 2.67. The molecule has 4 nitrogen and oxygen atoms in total. The summed E-state index contributed by atoms with van der Waals surface area (Å²) in [5.41, 5.74) is -0.398. The summed E-state index contributed by atoms with van der Waals surface area (Å²) in [6.07, 6.45) is 4.00. The molecule has 0 radical (unpaired) electrons. The lowest BCUT2D eigenvalue weighted by Gasteiger charge is -2.57. The van der Waals surface area contributed by atoms with Crippen LogP contribution in [0, 0.1) is 16.7 Å². The molecule has 0 bridgehead atoms. The number of fused-ring (bicyclic) bond motifs is 2. The topological polar surface area (TPSA) is 52.6 Å². The first kappa shape index (κ1) is 13.7. The molecule has 1 saturated heterocycles. The van der Waals surface area contributed by atoms with Gasteiger partial charge in [-0.15, -0.1) is 0 Å². The summed E-state index contributed by atoms with van der Waals surface area (Å²) in [5, 5.41) is 0. The van der Waals surface area contributed by atoms with E-state index < -0.39 is 11.8 Å². The van der Waals surface area contributed by atoms with Gasteiger partial charge in [-0.25, -0.2) is 4.79 Å². The standard InChI is InChI=1S/C16H22O4/c1-10-8-11(17)12-14(2,3)6-5-7-15(12,4)16(10)9-19-13(18)20-16/h8,12H,5-7,9H2,1-4H3/t12-,15-,16+/m0/s1. The fraction of sp³-hybridized carbons (Fsp3) is 0.750. The third-order valence-electron chi connectivity index (χ3n) is 5.79. The van der Waals surface area contributed by atoms with E-state index in [0.717, 1.165) is 24.8 Å². The minimum Gasteiger partial charge on any atom is -0.430 e. The lowest BCUT2D eigenvalue weighted by Crippen LogP contribution is -2.62. The number of hydrogen-bond donors (Lipinski definition) is 0. The lowest BCUT2D eigenvalue weighted by atomic mass is 9.47. The Balaban J connectivity index is 2.18. The van der Waals surface area contributed by atoms with E-state index >= 15 is 0 Å². The summed E-state index contributed by atoms with van der Waals surface area (Å²) in [4.78, 5) is 24.2. The summed E-state index contributed by atoms with van der Waals surface area (Å²) >= 11 is 0. The molecule has 0 aromatic heterocycles. The first-order valence-electron chi connectivity index (χ1n) is 7.31. The van der Waals surface area contributed by atoms with Gasteiger partial charge in [0.2, 0.25) is 0 Å². The van der Waals surface area contributed by atoms with Crippen LogP contribution in [0.2, 0.25) is 0 Å². The second kappa shape index (κ2) is 3.86.